The molecule has 0 N–H and O–H groups in total. The Hall–Kier alpha value is -2.30. The van der Waals surface area contributed by atoms with Gasteiger partial charge < -0.3 is 9.47 Å². The molecule has 0 unspecified atom stereocenters. The fraction of sp³-hybridized carbons (Fsp3) is 0.333. The Morgan fingerprint density at radius 2 is 1.85 bits per heavy atom. The number of hydrogen-bond donors (Lipinski definition) is 0. The molecule has 0 aliphatic carbocycles. The smallest absolute Gasteiger partial charge is 0.414 e. The SMILES string of the molecule is C=C(C)C(=O)OCCN(C(=O)OCC)c1ccccc1. The first-order valence-corrected chi connectivity index (χ1v) is 6.38. The molecule has 5 nitrogen and oxygen atoms in total. The molecule has 0 fully saturated rings. The highest BCUT2D eigenvalue weighted by atomic mass is 16.6. The van der Waals surface area contributed by atoms with E-state index in [2.05, 4.69) is 6.58 Å². The van der Waals surface area contributed by atoms with Crippen molar-refractivity contribution in [1.82, 2.24) is 0 Å². The standard InChI is InChI=1S/C15H19NO4/c1-4-19-15(18)16(13-8-6-5-7-9-13)10-11-20-14(17)12(2)3/h5-9H,2,4,10-11H2,1,3H3. The van der Waals surface area contributed by atoms with Gasteiger partial charge in [-0.05, 0) is 26.0 Å². The van der Waals surface area contributed by atoms with Crippen LogP contribution in [0.1, 0.15) is 13.8 Å². The summed E-state index contributed by atoms with van der Waals surface area (Å²) in [5.41, 5.74) is 1.02. The maximum Gasteiger partial charge on any atom is 0.414 e. The van der Waals surface area contributed by atoms with Gasteiger partial charge in [0.15, 0.2) is 0 Å². The molecule has 1 rings (SSSR count). The number of nitrogens with zero attached hydrogens (tertiary/aromatic N) is 1. The van der Waals surface area contributed by atoms with Crippen LogP contribution in [0.2, 0.25) is 0 Å². The van der Waals surface area contributed by atoms with Crippen molar-refractivity contribution in [3.63, 3.8) is 0 Å². The van der Waals surface area contributed by atoms with E-state index in [-0.39, 0.29) is 19.8 Å². The van der Waals surface area contributed by atoms with Crippen LogP contribution in [0.25, 0.3) is 0 Å². The molecule has 0 bridgehead atoms. The lowest BCUT2D eigenvalue weighted by atomic mass is 10.3. The average Bonchev–Trinajstić information content (AvgIpc) is 2.44. The van der Waals surface area contributed by atoms with Gasteiger partial charge in [0.25, 0.3) is 0 Å². The fourth-order valence-electron chi connectivity index (χ4n) is 1.49. The van der Waals surface area contributed by atoms with Crippen molar-refractivity contribution < 1.29 is 19.1 Å². The van der Waals surface area contributed by atoms with Crippen LogP contribution in [0.5, 0.6) is 0 Å². The first-order valence-electron chi connectivity index (χ1n) is 6.38. The summed E-state index contributed by atoms with van der Waals surface area (Å²) in [7, 11) is 0. The highest BCUT2D eigenvalue weighted by Gasteiger charge is 2.17. The lowest BCUT2D eigenvalue weighted by molar-refractivity contribution is -0.138. The summed E-state index contributed by atoms with van der Waals surface area (Å²) in [6, 6.07) is 9.08. The number of benzene rings is 1. The number of anilines is 1. The second kappa shape index (κ2) is 7.99. The zero-order valence-electron chi connectivity index (χ0n) is 11.8. The van der Waals surface area contributed by atoms with Gasteiger partial charge in [0.1, 0.15) is 6.61 Å². The number of carbonyl (C=O) groups is 2. The fourth-order valence-corrected chi connectivity index (χ4v) is 1.49. The number of rotatable bonds is 6. The number of amides is 1. The summed E-state index contributed by atoms with van der Waals surface area (Å²) in [6.45, 7) is 7.40. The Morgan fingerprint density at radius 3 is 2.40 bits per heavy atom. The molecule has 0 aliphatic rings. The van der Waals surface area contributed by atoms with Crippen molar-refractivity contribution >= 4 is 17.7 Å². The third-order valence-corrected chi connectivity index (χ3v) is 2.45. The molecule has 0 radical (unpaired) electrons. The summed E-state index contributed by atoms with van der Waals surface area (Å²) < 4.78 is 9.99. The topological polar surface area (TPSA) is 55.8 Å². The van der Waals surface area contributed by atoms with Gasteiger partial charge in [-0.2, -0.15) is 0 Å². The van der Waals surface area contributed by atoms with E-state index < -0.39 is 12.1 Å². The second-order valence-electron chi connectivity index (χ2n) is 4.10. The lowest BCUT2D eigenvalue weighted by Gasteiger charge is -2.21. The van der Waals surface area contributed by atoms with Crippen molar-refractivity contribution in [2.45, 2.75) is 13.8 Å². The molecule has 108 valence electrons. The van der Waals surface area contributed by atoms with Crippen LogP contribution in [0.3, 0.4) is 0 Å². The Morgan fingerprint density at radius 1 is 1.20 bits per heavy atom. The van der Waals surface area contributed by atoms with E-state index in [1.54, 1.807) is 26.0 Å². The number of ether oxygens (including phenoxy) is 2. The van der Waals surface area contributed by atoms with Gasteiger partial charge in [0.05, 0.1) is 13.2 Å². The van der Waals surface area contributed by atoms with Crippen molar-refractivity contribution in [2.24, 2.45) is 0 Å². The third-order valence-electron chi connectivity index (χ3n) is 2.45. The van der Waals surface area contributed by atoms with Crippen LogP contribution in [0.4, 0.5) is 10.5 Å². The molecule has 0 aliphatic heterocycles. The molecular weight excluding hydrogens is 258 g/mol. The van der Waals surface area contributed by atoms with Crippen LogP contribution in [-0.2, 0) is 14.3 Å². The Kier molecular flexibility index (Phi) is 6.29. The van der Waals surface area contributed by atoms with Gasteiger partial charge >= 0.3 is 12.1 Å². The minimum Gasteiger partial charge on any atom is -0.460 e. The summed E-state index contributed by atoms with van der Waals surface area (Å²) in [5, 5.41) is 0. The van der Waals surface area contributed by atoms with Gasteiger partial charge in [-0.3, -0.25) is 4.90 Å². The van der Waals surface area contributed by atoms with Gasteiger partial charge in [-0.15, -0.1) is 0 Å². The van der Waals surface area contributed by atoms with Crippen molar-refractivity contribution in [3.05, 3.63) is 42.5 Å². The zero-order valence-corrected chi connectivity index (χ0v) is 11.8. The molecule has 5 heteroatoms. The van der Waals surface area contributed by atoms with Gasteiger partial charge in [0.2, 0.25) is 0 Å². The molecule has 0 spiro atoms. The van der Waals surface area contributed by atoms with Crippen LogP contribution >= 0.6 is 0 Å². The lowest BCUT2D eigenvalue weighted by Crippen LogP contribution is -2.35. The average molecular weight is 277 g/mol. The van der Waals surface area contributed by atoms with E-state index in [4.69, 9.17) is 9.47 Å². The quantitative estimate of drug-likeness (QED) is 0.592. The monoisotopic (exact) mass is 277 g/mol. The van der Waals surface area contributed by atoms with Gasteiger partial charge in [0, 0.05) is 11.3 Å². The van der Waals surface area contributed by atoms with E-state index in [1.807, 2.05) is 18.2 Å². The van der Waals surface area contributed by atoms with E-state index in [9.17, 15) is 9.59 Å². The van der Waals surface area contributed by atoms with Gasteiger partial charge in [-0.1, -0.05) is 24.8 Å². The largest absolute Gasteiger partial charge is 0.460 e. The maximum atomic E-state index is 11.9. The second-order valence-corrected chi connectivity index (χ2v) is 4.10. The molecule has 1 amide bonds. The maximum absolute atomic E-state index is 11.9. The minimum absolute atomic E-state index is 0.0827. The molecule has 1 aromatic rings. The molecule has 0 atom stereocenters. The first-order chi connectivity index (χ1) is 9.56. The van der Waals surface area contributed by atoms with E-state index >= 15 is 0 Å². The van der Waals surface area contributed by atoms with Gasteiger partial charge in [-0.25, -0.2) is 9.59 Å². The van der Waals surface area contributed by atoms with Crippen molar-refractivity contribution in [2.75, 3.05) is 24.7 Å². The summed E-state index contributed by atoms with van der Waals surface area (Å²) in [6.07, 6.45) is -0.468. The van der Waals surface area contributed by atoms with Crippen LogP contribution in [0, 0.1) is 0 Å². The number of carbonyl (C=O) groups excluding carboxylic acids is 2. The number of hydrogen-bond acceptors (Lipinski definition) is 4. The first kappa shape index (κ1) is 15.8. The molecule has 0 aromatic heterocycles. The van der Waals surface area contributed by atoms with E-state index in [0.29, 0.717) is 11.3 Å². The van der Waals surface area contributed by atoms with Crippen LogP contribution in [0.15, 0.2) is 42.5 Å². The van der Waals surface area contributed by atoms with Crippen LogP contribution < -0.4 is 4.90 Å². The predicted octanol–water partition coefficient (Wildman–Crippen LogP) is 2.77. The third kappa shape index (κ3) is 4.76. The summed E-state index contributed by atoms with van der Waals surface area (Å²) >= 11 is 0. The predicted molar refractivity (Wildman–Crippen MR) is 76.6 cm³/mol. The normalized spacial score (nSPS) is 9.70. The Bertz CT molecular complexity index is 470. The molecule has 0 heterocycles. The van der Waals surface area contributed by atoms with E-state index in [0.717, 1.165) is 0 Å². The Labute approximate surface area is 118 Å². The van der Waals surface area contributed by atoms with Crippen molar-refractivity contribution in [3.8, 4) is 0 Å². The summed E-state index contributed by atoms with van der Waals surface area (Å²) in [5.74, 6) is -0.470. The highest BCUT2D eigenvalue weighted by Crippen LogP contribution is 2.14. The molecule has 1 aromatic carbocycles. The molecule has 0 saturated carbocycles. The van der Waals surface area contributed by atoms with Crippen molar-refractivity contribution in [1.29, 1.82) is 0 Å². The van der Waals surface area contributed by atoms with E-state index in [1.165, 1.54) is 4.90 Å². The zero-order chi connectivity index (χ0) is 15.0. The number of esters is 1. The number of para-hydroxylation sites is 1. The highest BCUT2D eigenvalue weighted by molar-refractivity contribution is 5.88. The molecule has 0 saturated heterocycles. The Balaban J connectivity index is 2.67. The summed E-state index contributed by atoms with van der Waals surface area (Å²) in [4.78, 5) is 24.6. The molecule has 20 heavy (non-hydrogen) atoms. The minimum atomic E-state index is -0.470. The molecular formula is C15H19NO4. The van der Waals surface area contributed by atoms with Crippen LogP contribution in [-0.4, -0.2) is 31.8 Å².